The lowest BCUT2D eigenvalue weighted by atomic mass is 10.1. The smallest absolute Gasteiger partial charge is 0.123 e. The molecule has 0 aromatic heterocycles. The van der Waals surface area contributed by atoms with Gasteiger partial charge in [0.25, 0.3) is 0 Å². The number of rotatable bonds is 4. The van der Waals surface area contributed by atoms with E-state index in [1.807, 2.05) is 12.1 Å². The summed E-state index contributed by atoms with van der Waals surface area (Å²) in [5.74, 6) is -0.191. The van der Waals surface area contributed by atoms with Crippen LogP contribution in [0.3, 0.4) is 0 Å². The number of benzene rings is 1. The van der Waals surface area contributed by atoms with E-state index in [4.69, 9.17) is 4.74 Å². The number of halogens is 1. The third-order valence-electron chi connectivity index (χ3n) is 3.20. The van der Waals surface area contributed by atoms with E-state index in [1.165, 1.54) is 12.1 Å². The molecule has 0 aliphatic carbocycles. The average molecular weight is 238 g/mol. The maximum absolute atomic E-state index is 12.7. The fourth-order valence-corrected chi connectivity index (χ4v) is 2.10. The predicted octanol–water partition coefficient (Wildman–Crippen LogP) is 1.24. The summed E-state index contributed by atoms with van der Waals surface area (Å²) in [7, 11) is 4.12. The van der Waals surface area contributed by atoms with Crippen LogP contribution in [0.4, 0.5) is 4.39 Å². The monoisotopic (exact) mass is 238 g/mol. The third kappa shape index (κ3) is 3.25. The van der Waals surface area contributed by atoms with Gasteiger partial charge in [-0.3, -0.25) is 0 Å². The SMILES string of the molecule is CN(C)[C@H]1COC[C@@H]1NCc1ccc(F)cc1. The summed E-state index contributed by atoms with van der Waals surface area (Å²) in [4.78, 5) is 2.18. The van der Waals surface area contributed by atoms with Crippen molar-refractivity contribution in [2.75, 3.05) is 27.3 Å². The highest BCUT2D eigenvalue weighted by atomic mass is 19.1. The molecule has 3 nitrogen and oxygen atoms in total. The standard InChI is InChI=1S/C13H19FN2O/c1-16(2)13-9-17-8-12(13)15-7-10-3-5-11(14)6-4-10/h3-6,12-13,15H,7-9H2,1-2H3/t12-,13-/m0/s1. The Hall–Kier alpha value is -0.970. The van der Waals surface area contributed by atoms with Crippen molar-refractivity contribution in [3.05, 3.63) is 35.6 Å². The largest absolute Gasteiger partial charge is 0.378 e. The highest BCUT2D eigenvalue weighted by molar-refractivity contribution is 5.16. The Bertz CT molecular complexity index is 353. The number of nitrogens with zero attached hydrogens (tertiary/aromatic N) is 1. The Morgan fingerprint density at radius 3 is 2.65 bits per heavy atom. The van der Waals surface area contributed by atoms with Gasteiger partial charge in [-0.25, -0.2) is 4.39 Å². The Morgan fingerprint density at radius 1 is 1.29 bits per heavy atom. The lowest BCUT2D eigenvalue weighted by Gasteiger charge is -2.25. The molecule has 4 heteroatoms. The zero-order valence-electron chi connectivity index (χ0n) is 10.3. The van der Waals surface area contributed by atoms with Crippen molar-refractivity contribution in [1.29, 1.82) is 0 Å². The third-order valence-corrected chi connectivity index (χ3v) is 3.20. The van der Waals surface area contributed by atoms with Crippen molar-refractivity contribution in [2.24, 2.45) is 0 Å². The maximum Gasteiger partial charge on any atom is 0.123 e. The first-order valence-electron chi connectivity index (χ1n) is 5.89. The normalized spacial score (nSPS) is 24.5. The van der Waals surface area contributed by atoms with Crippen molar-refractivity contribution in [1.82, 2.24) is 10.2 Å². The van der Waals surface area contributed by atoms with Gasteiger partial charge in [0.05, 0.1) is 19.3 Å². The van der Waals surface area contributed by atoms with E-state index in [0.29, 0.717) is 12.1 Å². The molecule has 94 valence electrons. The van der Waals surface area contributed by atoms with Crippen molar-refractivity contribution in [3.63, 3.8) is 0 Å². The molecule has 0 spiro atoms. The molecule has 2 atom stereocenters. The summed E-state index contributed by atoms with van der Waals surface area (Å²) in [5, 5.41) is 3.46. The van der Waals surface area contributed by atoms with Gasteiger partial charge in [0.1, 0.15) is 5.82 Å². The lowest BCUT2D eigenvalue weighted by Crippen LogP contribution is -2.46. The Balaban J connectivity index is 1.87. The van der Waals surface area contributed by atoms with Gasteiger partial charge >= 0.3 is 0 Å². The molecule has 0 saturated carbocycles. The second-order valence-electron chi connectivity index (χ2n) is 4.68. The van der Waals surface area contributed by atoms with Crippen molar-refractivity contribution in [3.8, 4) is 0 Å². The van der Waals surface area contributed by atoms with Crippen LogP contribution < -0.4 is 5.32 Å². The van der Waals surface area contributed by atoms with Crippen LogP contribution in [0, 0.1) is 5.82 Å². The summed E-state index contributed by atoms with van der Waals surface area (Å²) < 4.78 is 18.2. The van der Waals surface area contributed by atoms with Crippen LogP contribution in [-0.4, -0.2) is 44.3 Å². The first-order valence-corrected chi connectivity index (χ1v) is 5.89. The highest BCUT2D eigenvalue weighted by Gasteiger charge is 2.29. The van der Waals surface area contributed by atoms with Gasteiger partial charge in [0, 0.05) is 12.6 Å². The van der Waals surface area contributed by atoms with E-state index in [9.17, 15) is 4.39 Å². The molecule has 1 saturated heterocycles. The topological polar surface area (TPSA) is 24.5 Å². The first-order chi connectivity index (χ1) is 8.16. The Morgan fingerprint density at radius 2 is 2.00 bits per heavy atom. The van der Waals surface area contributed by atoms with Crippen LogP contribution in [0.1, 0.15) is 5.56 Å². The van der Waals surface area contributed by atoms with Crippen LogP contribution in [0.25, 0.3) is 0 Å². The Labute approximate surface area is 102 Å². The zero-order valence-corrected chi connectivity index (χ0v) is 10.3. The summed E-state index contributed by atoms with van der Waals surface area (Å²) in [6.07, 6.45) is 0. The van der Waals surface area contributed by atoms with Gasteiger partial charge in [0.15, 0.2) is 0 Å². The van der Waals surface area contributed by atoms with Gasteiger partial charge < -0.3 is 15.0 Å². The summed E-state index contributed by atoms with van der Waals surface area (Å²) in [5.41, 5.74) is 1.09. The van der Waals surface area contributed by atoms with E-state index in [-0.39, 0.29) is 5.82 Å². The molecule has 0 unspecified atom stereocenters. The maximum atomic E-state index is 12.7. The molecule has 2 rings (SSSR count). The number of hydrogen-bond donors (Lipinski definition) is 1. The van der Waals surface area contributed by atoms with E-state index >= 15 is 0 Å². The summed E-state index contributed by atoms with van der Waals surface area (Å²) >= 11 is 0. The van der Waals surface area contributed by atoms with Crippen molar-refractivity contribution in [2.45, 2.75) is 18.6 Å². The molecule has 1 aromatic rings. The summed E-state index contributed by atoms with van der Waals surface area (Å²) in [6, 6.07) is 7.36. The van der Waals surface area contributed by atoms with Crippen molar-refractivity contribution >= 4 is 0 Å². The van der Waals surface area contributed by atoms with E-state index in [0.717, 1.165) is 25.3 Å². The van der Waals surface area contributed by atoms with E-state index in [2.05, 4.69) is 24.3 Å². The van der Waals surface area contributed by atoms with Gasteiger partial charge in [-0.2, -0.15) is 0 Å². The molecule has 0 bridgehead atoms. The number of ether oxygens (including phenoxy) is 1. The fraction of sp³-hybridized carbons (Fsp3) is 0.538. The van der Waals surface area contributed by atoms with Gasteiger partial charge in [-0.05, 0) is 31.8 Å². The molecule has 1 aromatic carbocycles. The van der Waals surface area contributed by atoms with Gasteiger partial charge in [-0.1, -0.05) is 12.1 Å². The number of hydrogen-bond acceptors (Lipinski definition) is 3. The minimum absolute atomic E-state index is 0.191. The molecule has 1 aliphatic rings. The van der Waals surface area contributed by atoms with Crippen LogP contribution in [0.2, 0.25) is 0 Å². The van der Waals surface area contributed by atoms with Gasteiger partial charge in [0.2, 0.25) is 0 Å². The highest BCUT2D eigenvalue weighted by Crippen LogP contribution is 2.11. The first kappa shape index (κ1) is 12.5. The lowest BCUT2D eigenvalue weighted by molar-refractivity contribution is 0.169. The second kappa shape index (κ2) is 5.58. The van der Waals surface area contributed by atoms with Crippen LogP contribution >= 0.6 is 0 Å². The van der Waals surface area contributed by atoms with Gasteiger partial charge in [-0.15, -0.1) is 0 Å². The predicted molar refractivity (Wildman–Crippen MR) is 65.3 cm³/mol. The van der Waals surface area contributed by atoms with Crippen LogP contribution in [-0.2, 0) is 11.3 Å². The molecular formula is C13H19FN2O. The molecule has 1 aliphatic heterocycles. The quantitative estimate of drug-likeness (QED) is 0.854. The second-order valence-corrected chi connectivity index (χ2v) is 4.68. The van der Waals surface area contributed by atoms with E-state index < -0.39 is 0 Å². The van der Waals surface area contributed by atoms with Crippen molar-refractivity contribution < 1.29 is 9.13 Å². The molecule has 1 fully saturated rings. The molecule has 0 amide bonds. The average Bonchev–Trinajstić information content (AvgIpc) is 2.76. The minimum Gasteiger partial charge on any atom is -0.378 e. The Kier molecular flexibility index (Phi) is 4.10. The molecule has 0 radical (unpaired) electrons. The van der Waals surface area contributed by atoms with Crippen LogP contribution in [0.15, 0.2) is 24.3 Å². The molecule has 17 heavy (non-hydrogen) atoms. The molecular weight excluding hydrogens is 219 g/mol. The molecule has 1 heterocycles. The summed E-state index contributed by atoms with van der Waals surface area (Å²) in [6.45, 7) is 2.26. The van der Waals surface area contributed by atoms with E-state index in [1.54, 1.807) is 0 Å². The number of nitrogens with one attached hydrogen (secondary N) is 1. The van der Waals surface area contributed by atoms with Crippen LogP contribution in [0.5, 0.6) is 0 Å². The fourth-order valence-electron chi connectivity index (χ4n) is 2.10. The minimum atomic E-state index is -0.191. The zero-order chi connectivity index (χ0) is 12.3. The molecule has 1 N–H and O–H groups in total. The number of likely N-dealkylation sites (N-methyl/N-ethyl adjacent to an activating group) is 1.